The van der Waals surface area contributed by atoms with Crippen LogP contribution in [-0.4, -0.2) is 17.8 Å². The van der Waals surface area contributed by atoms with E-state index in [0.29, 0.717) is 6.61 Å². The number of thiazole rings is 1. The Bertz CT molecular complexity index is 1200. The highest BCUT2D eigenvalue weighted by molar-refractivity contribution is 7.13. The van der Waals surface area contributed by atoms with E-state index in [1.807, 2.05) is 72.1 Å². The van der Waals surface area contributed by atoms with Crippen LogP contribution in [0, 0.1) is 0 Å². The fourth-order valence-corrected chi connectivity index (χ4v) is 4.34. The van der Waals surface area contributed by atoms with Gasteiger partial charge in [-0.3, -0.25) is 0 Å². The first-order valence-corrected chi connectivity index (χ1v) is 11.3. The molecular formula is C26H22N2O3S. The number of benzene rings is 3. The third-order valence-electron chi connectivity index (χ3n) is 5.30. The predicted octanol–water partition coefficient (Wildman–Crippen LogP) is 6.26. The fourth-order valence-electron chi connectivity index (χ4n) is 3.53. The van der Waals surface area contributed by atoms with Gasteiger partial charge in [-0.25, -0.2) is 4.98 Å². The lowest BCUT2D eigenvalue weighted by Gasteiger charge is -2.10. The Balaban J connectivity index is 1.17. The van der Waals surface area contributed by atoms with E-state index in [-0.39, 0.29) is 6.10 Å². The van der Waals surface area contributed by atoms with Gasteiger partial charge in [-0.15, -0.1) is 11.3 Å². The second kappa shape index (κ2) is 9.24. The van der Waals surface area contributed by atoms with Gasteiger partial charge in [-0.2, -0.15) is 0 Å². The van der Waals surface area contributed by atoms with Crippen LogP contribution in [0.4, 0.5) is 0 Å². The lowest BCUT2D eigenvalue weighted by molar-refractivity contribution is 0.0857. The van der Waals surface area contributed by atoms with E-state index in [0.717, 1.165) is 51.0 Å². The zero-order valence-electron chi connectivity index (χ0n) is 17.6. The highest BCUT2D eigenvalue weighted by Crippen LogP contribution is 2.31. The van der Waals surface area contributed by atoms with E-state index < -0.39 is 0 Å². The summed E-state index contributed by atoms with van der Waals surface area (Å²) < 4.78 is 11.2. The standard InChI is InChI=1S/C26H22N2O3S/c1-29-22-11-7-18(8-12-22)24-15-25(31-28-24)19-9-13-23(14-10-19)30-16-21-17-32-26(27-21)20-5-3-2-4-6-20/h2-14,17,25H,15-16H2,1H3. The highest BCUT2D eigenvalue weighted by Gasteiger charge is 2.24. The van der Waals surface area contributed by atoms with Crippen LogP contribution in [0.2, 0.25) is 0 Å². The van der Waals surface area contributed by atoms with Gasteiger partial charge in [0.2, 0.25) is 0 Å². The Hall–Kier alpha value is -3.64. The van der Waals surface area contributed by atoms with Gasteiger partial charge < -0.3 is 14.3 Å². The van der Waals surface area contributed by atoms with E-state index >= 15 is 0 Å². The van der Waals surface area contributed by atoms with Gasteiger partial charge in [0.25, 0.3) is 0 Å². The summed E-state index contributed by atoms with van der Waals surface area (Å²) >= 11 is 1.63. The molecule has 1 unspecified atom stereocenters. The number of aromatic nitrogens is 1. The number of oxime groups is 1. The topological polar surface area (TPSA) is 52.9 Å². The normalized spacial score (nSPS) is 15.2. The number of rotatable bonds is 7. The van der Waals surface area contributed by atoms with Crippen molar-refractivity contribution in [3.63, 3.8) is 0 Å². The molecule has 2 heterocycles. The molecule has 1 atom stereocenters. The van der Waals surface area contributed by atoms with Gasteiger partial charge in [0.05, 0.1) is 18.5 Å². The molecule has 1 aliphatic heterocycles. The van der Waals surface area contributed by atoms with Gasteiger partial charge in [0.1, 0.15) is 23.1 Å². The largest absolute Gasteiger partial charge is 0.497 e. The predicted molar refractivity (Wildman–Crippen MR) is 126 cm³/mol. The second-order valence-electron chi connectivity index (χ2n) is 7.43. The third-order valence-corrected chi connectivity index (χ3v) is 6.24. The maximum absolute atomic E-state index is 5.93. The highest BCUT2D eigenvalue weighted by atomic mass is 32.1. The first-order valence-electron chi connectivity index (χ1n) is 10.4. The van der Waals surface area contributed by atoms with Crippen molar-refractivity contribution in [2.45, 2.75) is 19.1 Å². The zero-order valence-corrected chi connectivity index (χ0v) is 18.4. The summed E-state index contributed by atoms with van der Waals surface area (Å²) in [4.78, 5) is 10.4. The van der Waals surface area contributed by atoms with Gasteiger partial charge >= 0.3 is 0 Å². The molecule has 6 heteroatoms. The average Bonchev–Trinajstić information content (AvgIpc) is 3.54. The van der Waals surface area contributed by atoms with Crippen molar-refractivity contribution in [1.82, 2.24) is 4.98 Å². The Kier molecular flexibility index (Phi) is 5.85. The summed E-state index contributed by atoms with van der Waals surface area (Å²) in [5.41, 5.74) is 5.11. The summed E-state index contributed by atoms with van der Waals surface area (Å²) in [5, 5.41) is 7.33. The van der Waals surface area contributed by atoms with Crippen molar-refractivity contribution in [2.75, 3.05) is 7.11 Å². The number of nitrogens with zero attached hydrogens (tertiary/aromatic N) is 2. The van der Waals surface area contributed by atoms with Gasteiger partial charge in [0.15, 0.2) is 6.10 Å². The fraction of sp³-hybridized carbons (Fsp3) is 0.154. The van der Waals surface area contributed by atoms with E-state index in [1.54, 1.807) is 18.4 Å². The van der Waals surface area contributed by atoms with E-state index in [1.165, 1.54) is 0 Å². The molecule has 0 radical (unpaired) electrons. The molecule has 0 spiro atoms. The Morgan fingerprint density at radius 2 is 1.66 bits per heavy atom. The SMILES string of the molecule is COc1ccc(C2=NOC(c3ccc(OCc4csc(-c5ccccc5)n4)cc3)C2)cc1. The first-order chi connectivity index (χ1) is 15.8. The molecule has 0 saturated heterocycles. The molecule has 32 heavy (non-hydrogen) atoms. The maximum Gasteiger partial charge on any atom is 0.158 e. The molecule has 0 aliphatic carbocycles. The monoisotopic (exact) mass is 442 g/mol. The van der Waals surface area contributed by atoms with Crippen LogP contribution >= 0.6 is 11.3 Å². The molecule has 3 aromatic carbocycles. The molecule has 0 amide bonds. The smallest absolute Gasteiger partial charge is 0.158 e. The average molecular weight is 443 g/mol. The van der Waals surface area contributed by atoms with Gasteiger partial charge in [0, 0.05) is 17.4 Å². The van der Waals surface area contributed by atoms with Gasteiger partial charge in [-0.05, 0) is 47.5 Å². The van der Waals surface area contributed by atoms with Crippen molar-refractivity contribution < 1.29 is 14.3 Å². The van der Waals surface area contributed by atoms with Crippen LogP contribution in [0.25, 0.3) is 10.6 Å². The van der Waals surface area contributed by atoms with Crippen LogP contribution in [0.1, 0.15) is 29.3 Å². The molecule has 0 fully saturated rings. The van der Waals surface area contributed by atoms with Crippen molar-refractivity contribution >= 4 is 17.0 Å². The molecule has 1 aromatic heterocycles. The molecule has 0 saturated carbocycles. The molecule has 4 aromatic rings. The van der Waals surface area contributed by atoms with Crippen molar-refractivity contribution in [2.24, 2.45) is 5.16 Å². The molecule has 0 bridgehead atoms. The summed E-state index contributed by atoms with van der Waals surface area (Å²) in [6.45, 7) is 0.438. The van der Waals surface area contributed by atoms with Crippen LogP contribution in [0.5, 0.6) is 11.5 Å². The third kappa shape index (κ3) is 4.50. The summed E-state index contributed by atoms with van der Waals surface area (Å²) in [6.07, 6.45) is 0.640. The summed E-state index contributed by atoms with van der Waals surface area (Å²) in [5.74, 6) is 1.63. The van der Waals surface area contributed by atoms with E-state index in [4.69, 9.17) is 14.3 Å². The lowest BCUT2D eigenvalue weighted by Crippen LogP contribution is -2.02. The number of ether oxygens (including phenoxy) is 2. The second-order valence-corrected chi connectivity index (χ2v) is 8.29. The number of hydrogen-bond acceptors (Lipinski definition) is 6. The van der Waals surface area contributed by atoms with Crippen LogP contribution in [0.15, 0.2) is 89.4 Å². The number of methoxy groups -OCH3 is 1. The maximum atomic E-state index is 5.93. The summed E-state index contributed by atoms with van der Waals surface area (Å²) in [6, 6.07) is 26.0. The van der Waals surface area contributed by atoms with E-state index in [2.05, 4.69) is 22.3 Å². The Morgan fingerprint density at radius 3 is 2.41 bits per heavy atom. The lowest BCUT2D eigenvalue weighted by atomic mass is 10.0. The Morgan fingerprint density at radius 1 is 0.906 bits per heavy atom. The van der Waals surface area contributed by atoms with Crippen LogP contribution in [-0.2, 0) is 11.4 Å². The minimum atomic E-state index is -0.0897. The molecule has 1 aliphatic rings. The quantitative estimate of drug-likeness (QED) is 0.339. The van der Waals surface area contributed by atoms with Crippen molar-refractivity contribution in [3.8, 4) is 22.1 Å². The first kappa shape index (κ1) is 20.3. The van der Waals surface area contributed by atoms with Crippen LogP contribution < -0.4 is 9.47 Å². The Labute approximate surface area is 190 Å². The molecule has 5 nitrogen and oxygen atoms in total. The molecule has 5 rings (SSSR count). The summed E-state index contributed by atoms with van der Waals surface area (Å²) in [7, 11) is 1.66. The minimum Gasteiger partial charge on any atom is -0.497 e. The van der Waals surface area contributed by atoms with Crippen molar-refractivity contribution in [3.05, 3.63) is 101 Å². The van der Waals surface area contributed by atoms with E-state index in [9.17, 15) is 0 Å². The van der Waals surface area contributed by atoms with Crippen LogP contribution in [0.3, 0.4) is 0 Å². The van der Waals surface area contributed by atoms with Gasteiger partial charge in [-0.1, -0.05) is 47.6 Å². The minimum absolute atomic E-state index is 0.0897. The number of hydrogen-bond donors (Lipinski definition) is 0. The molecule has 160 valence electrons. The van der Waals surface area contributed by atoms with Crippen molar-refractivity contribution in [1.29, 1.82) is 0 Å². The zero-order chi connectivity index (χ0) is 21.8. The molecule has 0 N–H and O–H groups in total. The molecular weight excluding hydrogens is 420 g/mol.